The average molecular weight is 567 g/mol. The standard InChI is InChI=1S/C22H38N4O3S.HI/c1-6-17-30(27,28)26-14-11-18(12-15-26)25-21(23-5)24-13-16-29-20-10-8-7-9-19(20)22(2,3)4;/h7-10,18H,6,11-17H2,1-5H3,(H2,23,24,25);1H. The van der Waals surface area contributed by atoms with Gasteiger partial charge in [-0.15, -0.1) is 24.0 Å². The number of piperidine rings is 1. The number of halogens is 1. The van der Waals surface area contributed by atoms with Crippen LogP contribution in [0.15, 0.2) is 29.3 Å². The summed E-state index contributed by atoms with van der Waals surface area (Å²) in [6.45, 7) is 10.7. The zero-order valence-corrected chi connectivity index (χ0v) is 22.6. The van der Waals surface area contributed by atoms with Gasteiger partial charge in [0, 0.05) is 26.2 Å². The lowest BCUT2D eigenvalue weighted by molar-refractivity contribution is 0.301. The molecule has 1 heterocycles. The van der Waals surface area contributed by atoms with E-state index in [1.165, 1.54) is 5.56 Å². The predicted octanol–water partition coefficient (Wildman–Crippen LogP) is 3.35. The number of para-hydroxylation sites is 1. The maximum atomic E-state index is 12.2. The topological polar surface area (TPSA) is 83.0 Å². The molecule has 0 spiro atoms. The summed E-state index contributed by atoms with van der Waals surface area (Å²) in [7, 11) is -1.36. The lowest BCUT2D eigenvalue weighted by Crippen LogP contribution is -2.50. The Kier molecular flexibility index (Phi) is 11.6. The van der Waals surface area contributed by atoms with E-state index in [4.69, 9.17) is 4.74 Å². The summed E-state index contributed by atoms with van der Waals surface area (Å²) in [6, 6.07) is 8.36. The Bertz CT molecular complexity index is 801. The third-order valence-corrected chi connectivity index (χ3v) is 7.30. The summed E-state index contributed by atoms with van der Waals surface area (Å²) < 4.78 is 32.0. The fourth-order valence-corrected chi connectivity index (χ4v) is 5.14. The second kappa shape index (κ2) is 12.8. The molecule has 1 saturated heterocycles. The molecule has 0 atom stereocenters. The summed E-state index contributed by atoms with van der Waals surface area (Å²) in [4.78, 5) is 4.29. The van der Waals surface area contributed by atoms with E-state index in [1.54, 1.807) is 11.4 Å². The molecule has 9 heteroatoms. The molecule has 0 aliphatic carbocycles. The van der Waals surface area contributed by atoms with Crippen LogP contribution in [0.1, 0.15) is 52.5 Å². The van der Waals surface area contributed by atoms with Gasteiger partial charge in [-0.2, -0.15) is 0 Å². The summed E-state index contributed by atoms with van der Waals surface area (Å²) in [5.41, 5.74) is 1.22. The summed E-state index contributed by atoms with van der Waals surface area (Å²) in [5.74, 6) is 1.86. The van der Waals surface area contributed by atoms with Gasteiger partial charge in [-0.25, -0.2) is 12.7 Å². The van der Waals surface area contributed by atoms with Crippen molar-refractivity contribution in [3.05, 3.63) is 29.8 Å². The van der Waals surface area contributed by atoms with E-state index >= 15 is 0 Å². The van der Waals surface area contributed by atoms with Crippen molar-refractivity contribution in [3.8, 4) is 5.75 Å². The van der Waals surface area contributed by atoms with Crippen molar-refractivity contribution >= 4 is 40.0 Å². The van der Waals surface area contributed by atoms with Crippen LogP contribution in [0, 0.1) is 0 Å². The molecule has 1 aliphatic rings. The number of hydrogen-bond acceptors (Lipinski definition) is 4. The smallest absolute Gasteiger partial charge is 0.214 e. The second-order valence-corrected chi connectivity index (χ2v) is 10.8. The molecule has 7 nitrogen and oxygen atoms in total. The molecule has 0 unspecified atom stereocenters. The van der Waals surface area contributed by atoms with Gasteiger partial charge in [-0.3, -0.25) is 4.99 Å². The SMILES string of the molecule is CCCS(=O)(=O)N1CCC(NC(=NC)NCCOc2ccccc2C(C)(C)C)CC1.I. The Labute approximate surface area is 205 Å². The monoisotopic (exact) mass is 566 g/mol. The van der Waals surface area contributed by atoms with Crippen LogP contribution in [-0.2, 0) is 15.4 Å². The maximum Gasteiger partial charge on any atom is 0.214 e. The fourth-order valence-electron chi connectivity index (χ4n) is 3.60. The molecule has 31 heavy (non-hydrogen) atoms. The quantitative estimate of drug-likeness (QED) is 0.218. The summed E-state index contributed by atoms with van der Waals surface area (Å²) in [6.07, 6.45) is 2.21. The van der Waals surface area contributed by atoms with Crippen molar-refractivity contribution in [1.29, 1.82) is 0 Å². The Balaban J connectivity index is 0.00000480. The Morgan fingerprint density at radius 1 is 1.23 bits per heavy atom. The van der Waals surface area contributed by atoms with Gasteiger partial charge in [0.1, 0.15) is 12.4 Å². The van der Waals surface area contributed by atoms with E-state index < -0.39 is 10.0 Å². The van der Waals surface area contributed by atoms with E-state index in [0.29, 0.717) is 32.7 Å². The van der Waals surface area contributed by atoms with Crippen LogP contribution in [0.4, 0.5) is 0 Å². The van der Waals surface area contributed by atoms with Gasteiger partial charge in [-0.05, 0) is 36.3 Å². The Morgan fingerprint density at radius 3 is 2.45 bits per heavy atom. The number of aliphatic imine (C=N–C) groups is 1. The first-order valence-electron chi connectivity index (χ1n) is 10.8. The highest BCUT2D eigenvalue weighted by molar-refractivity contribution is 14.0. The molecular formula is C22H39IN4O3S. The molecule has 0 saturated carbocycles. The van der Waals surface area contributed by atoms with Gasteiger partial charge in [0.05, 0.1) is 12.3 Å². The third-order valence-electron chi connectivity index (χ3n) is 5.22. The number of nitrogens with zero attached hydrogens (tertiary/aromatic N) is 2. The van der Waals surface area contributed by atoms with Gasteiger partial charge in [0.25, 0.3) is 0 Å². The lowest BCUT2D eigenvalue weighted by Gasteiger charge is -2.32. The molecule has 1 aliphatic heterocycles. The second-order valence-electron chi connectivity index (χ2n) is 8.73. The average Bonchev–Trinajstić information content (AvgIpc) is 2.70. The molecule has 1 aromatic carbocycles. The van der Waals surface area contributed by atoms with Crippen molar-refractivity contribution in [2.45, 2.75) is 58.4 Å². The predicted molar refractivity (Wildman–Crippen MR) is 139 cm³/mol. The Morgan fingerprint density at radius 2 is 1.87 bits per heavy atom. The molecule has 0 radical (unpaired) electrons. The van der Waals surface area contributed by atoms with Crippen molar-refractivity contribution in [3.63, 3.8) is 0 Å². The number of ether oxygens (including phenoxy) is 1. The van der Waals surface area contributed by atoms with Crippen molar-refractivity contribution < 1.29 is 13.2 Å². The van der Waals surface area contributed by atoms with Crippen LogP contribution in [0.5, 0.6) is 5.75 Å². The molecule has 0 bridgehead atoms. The van der Waals surface area contributed by atoms with E-state index in [0.717, 1.165) is 24.6 Å². The largest absolute Gasteiger partial charge is 0.491 e. The molecule has 178 valence electrons. The van der Waals surface area contributed by atoms with Crippen LogP contribution in [0.3, 0.4) is 0 Å². The van der Waals surface area contributed by atoms with Gasteiger partial charge >= 0.3 is 0 Å². The highest BCUT2D eigenvalue weighted by Crippen LogP contribution is 2.30. The fraction of sp³-hybridized carbons (Fsp3) is 0.682. The number of nitrogens with one attached hydrogen (secondary N) is 2. The first kappa shape index (κ1) is 28.0. The van der Waals surface area contributed by atoms with E-state index in [1.807, 2.05) is 25.1 Å². The van der Waals surface area contributed by atoms with Crippen LogP contribution in [0.2, 0.25) is 0 Å². The number of benzene rings is 1. The van der Waals surface area contributed by atoms with Gasteiger partial charge in [0.2, 0.25) is 10.0 Å². The van der Waals surface area contributed by atoms with Crippen molar-refractivity contribution in [2.75, 3.05) is 39.0 Å². The van der Waals surface area contributed by atoms with Gasteiger partial charge in [0.15, 0.2) is 5.96 Å². The number of guanidine groups is 1. The highest BCUT2D eigenvalue weighted by Gasteiger charge is 2.27. The molecule has 1 fully saturated rings. The third kappa shape index (κ3) is 8.76. The maximum absolute atomic E-state index is 12.2. The van der Waals surface area contributed by atoms with Gasteiger partial charge < -0.3 is 15.4 Å². The Hall–Kier alpha value is -1.07. The highest BCUT2D eigenvalue weighted by atomic mass is 127. The minimum atomic E-state index is -3.11. The number of rotatable bonds is 8. The minimum Gasteiger partial charge on any atom is -0.491 e. The van der Waals surface area contributed by atoms with Gasteiger partial charge in [-0.1, -0.05) is 45.9 Å². The molecule has 2 N–H and O–H groups in total. The summed E-state index contributed by atoms with van der Waals surface area (Å²) in [5, 5.41) is 6.69. The molecule has 2 rings (SSSR count). The summed E-state index contributed by atoms with van der Waals surface area (Å²) >= 11 is 0. The molecular weight excluding hydrogens is 527 g/mol. The molecule has 1 aromatic rings. The number of sulfonamides is 1. The van der Waals surface area contributed by atoms with E-state index in [-0.39, 0.29) is 41.2 Å². The van der Waals surface area contributed by atoms with Crippen LogP contribution < -0.4 is 15.4 Å². The minimum absolute atomic E-state index is 0. The molecule has 0 amide bonds. The zero-order valence-electron chi connectivity index (χ0n) is 19.5. The lowest BCUT2D eigenvalue weighted by atomic mass is 9.86. The van der Waals surface area contributed by atoms with Crippen LogP contribution in [-0.4, -0.2) is 63.8 Å². The zero-order chi connectivity index (χ0) is 22.2. The number of hydrogen-bond donors (Lipinski definition) is 2. The first-order valence-corrected chi connectivity index (χ1v) is 12.5. The normalized spacial score (nSPS) is 16.5. The van der Waals surface area contributed by atoms with Crippen molar-refractivity contribution in [1.82, 2.24) is 14.9 Å². The van der Waals surface area contributed by atoms with Crippen LogP contribution >= 0.6 is 24.0 Å². The van der Waals surface area contributed by atoms with Crippen LogP contribution in [0.25, 0.3) is 0 Å². The van der Waals surface area contributed by atoms with E-state index in [9.17, 15) is 8.42 Å². The van der Waals surface area contributed by atoms with Crippen molar-refractivity contribution in [2.24, 2.45) is 4.99 Å². The molecule has 0 aromatic heterocycles. The van der Waals surface area contributed by atoms with E-state index in [2.05, 4.69) is 42.5 Å². The first-order chi connectivity index (χ1) is 14.2.